The van der Waals surface area contributed by atoms with Crippen LogP contribution in [0.2, 0.25) is 0 Å². The van der Waals surface area contributed by atoms with E-state index < -0.39 is 0 Å². The van der Waals surface area contributed by atoms with Gasteiger partial charge in [0.1, 0.15) is 5.69 Å². The molecule has 0 aliphatic rings. The zero-order valence-electron chi connectivity index (χ0n) is 7.24. The van der Waals surface area contributed by atoms with Gasteiger partial charge in [-0.1, -0.05) is 12.1 Å². The van der Waals surface area contributed by atoms with Crippen molar-refractivity contribution < 1.29 is 4.52 Å². The van der Waals surface area contributed by atoms with Crippen molar-refractivity contribution in [2.75, 3.05) is 6.54 Å². The summed E-state index contributed by atoms with van der Waals surface area (Å²) in [6, 6.07) is 2.58. The molecule has 4 nitrogen and oxygen atoms in total. The molecule has 0 fully saturated rings. The van der Waals surface area contributed by atoms with E-state index in [-0.39, 0.29) is 0 Å². The summed E-state index contributed by atoms with van der Waals surface area (Å²) in [4.78, 5) is 7.85. The third kappa shape index (κ3) is 2.32. The lowest BCUT2D eigenvalue weighted by Crippen LogP contribution is -1.71. The highest BCUT2D eigenvalue weighted by atomic mass is 16.5. The molecular weight excluding hydrogens is 154 g/mol. The molecule has 0 N–H and O–H groups in total. The van der Waals surface area contributed by atoms with E-state index in [2.05, 4.69) is 28.1 Å². The average molecular weight is 165 g/mol. The molecule has 0 aliphatic carbocycles. The highest BCUT2D eigenvalue weighted by Crippen LogP contribution is 2.14. The maximum atomic E-state index is 4.80. The summed E-state index contributed by atoms with van der Waals surface area (Å²) >= 11 is 0. The number of rotatable bonds is 3. The van der Waals surface area contributed by atoms with E-state index in [0.717, 1.165) is 13.0 Å². The van der Waals surface area contributed by atoms with Crippen LogP contribution in [-0.4, -0.2) is 17.7 Å². The first kappa shape index (κ1) is 8.68. The van der Waals surface area contributed by atoms with Crippen molar-refractivity contribution in [1.82, 2.24) is 5.16 Å². The number of aryl methyl sites for hydroxylation is 1. The zero-order valence-corrected chi connectivity index (χ0v) is 7.24. The van der Waals surface area contributed by atoms with Crippen molar-refractivity contribution in [3.05, 3.63) is 12.0 Å². The van der Waals surface area contributed by atoms with E-state index >= 15 is 0 Å². The molecule has 64 valence electrons. The molecular formula is C8H11N3O. The van der Waals surface area contributed by atoms with Gasteiger partial charge < -0.3 is 4.52 Å². The van der Waals surface area contributed by atoms with Crippen LogP contribution in [0.1, 0.15) is 19.1 Å². The molecule has 1 rings (SSSR count). The zero-order chi connectivity index (χ0) is 8.81. The molecule has 1 heterocycles. The Hall–Kier alpha value is -1.41. The van der Waals surface area contributed by atoms with E-state index in [9.17, 15) is 0 Å². The normalized spacial score (nSPS) is 9.17. The fourth-order valence-corrected chi connectivity index (χ4v) is 0.652. The number of aromatic nitrogens is 1. The lowest BCUT2D eigenvalue weighted by molar-refractivity contribution is 0.398. The highest BCUT2D eigenvalue weighted by molar-refractivity contribution is 5.52. The van der Waals surface area contributed by atoms with Gasteiger partial charge >= 0.3 is 0 Å². The van der Waals surface area contributed by atoms with Gasteiger partial charge in [-0.2, -0.15) is 4.99 Å². The molecule has 12 heavy (non-hydrogen) atoms. The van der Waals surface area contributed by atoms with E-state index in [1.165, 1.54) is 0 Å². The van der Waals surface area contributed by atoms with Crippen LogP contribution in [0.4, 0.5) is 5.69 Å². The number of aliphatic imine (C=N–C) groups is 2. The molecule has 0 unspecified atom stereocenters. The molecule has 0 bridgehead atoms. The summed E-state index contributed by atoms with van der Waals surface area (Å²) in [5.74, 6) is 0.689. The molecule has 0 atom stereocenters. The van der Waals surface area contributed by atoms with Crippen molar-refractivity contribution in [3.8, 4) is 0 Å². The molecule has 1 aromatic heterocycles. The van der Waals surface area contributed by atoms with Gasteiger partial charge in [0.25, 0.3) is 0 Å². The van der Waals surface area contributed by atoms with Gasteiger partial charge in [0.15, 0.2) is 5.76 Å². The summed E-state index contributed by atoms with van der Waals surface area (Å²) in [7, 11) is 0. The third-order valence-electron chi connectivity index (χ3n) is 1.30. The van der Waals surface area contributed by atoms with Crippen LogP contribution >= 0.6 is 0 Å². The Balaban J connectivity index is 2.63. The molecule has 0 aromatic carbocycles. The van der Waals surface area contributed by atoms with Crippen LogP contribution in [0, 0.1) is 6.92 Å². The minimum Gasteiger partial charge on any atom is -0.359 e. The molecule has 0 amide bonds. The second-order valence-corrected chi connectivity index (χ2v) is 2.36. The molecule has 0 radical (unpaired) electrons. The molecule has 0 saturated carbocycles. The van der Waals surface area contributed by atoms with E-state index in [1.54, 1.807) is 13.1 Å². The smallest absolute Gasteiger partial charge is 0.160 e. The maximum Gasteiger partial charge on any atom is 0.160 e. The van der Waals surface area contributed by atoms with Crippen LogP contribution in [0.5, 0.6) is 0 Å². The molecule has 0 saturated heterocycles. The van der Waals surface area contributed by atoms with Crippen LogP contribution < -0.4 is 0 Å². The molecule has 4 heteroatoms. The lowest BCUT2D eigenvalue weighted by atomic mass is 10.4. The van der Waals surface area contributed by atoms with E-state index in [0.29, 0.717) is 11.4 Å². The molecule has 1 aromatic rings. The van der Waals surface area contributed by atoms with Crippen molar-refractivity contribution in [3.63, 3.8) is 0 Å². The summed E-state index contributed by atoms with van der Waals surface area (Å²) in [6.07, 6.45) is 2.55. The Morgan fingerprint density at radius 3 is 3.08 bits per heavy atom. The molecule has 0 aliphatic heterocycles. The summed E-state index contributed by atoms with van der Waals surface area (Å²) < 4.78 is 4.80. The molecule has 0 spiro atoms. The highest BCUT2D eigenvalue weighted by Gasteiger charge is 1.97. The Kier molecular flexibility index (Phi) is 3.23. The fourth-order valence-electron chi connectivity index (χ4n) is 0.652. The standard InChI is InChI=1S/C8H11N3O/c1-3-4-9-6-10-8-5-11-12-7(8)2/h5H,3-4H2,1-2H3. The predicted molar refractivity (Wildman–Crippen MR) is 45.9 cm³/mol. The summed E-state index contributed by atoms with van der Waals surface area (Å²) in [5.41, 5.74) is 0.690. The quantitative estimate of drug-likeness (QED) is 0.644. The Labute approximate surface area is 71.0 Å². The number of hydrogen-bond acceptors (Lipinski definition) is 4. The van der Waals surface area contributed by atoms with Crippen molar-refractivity contribution >= 4 is 11.7 Å². The minimum atomic E-state index is 0.689. The van der Waals surface area contributed by atoms with E-state index in [4.69, 9.17) is 4.52 Å². The van der Waals surface area contributed by atoms with Gasteiger partial charge in [-0.3, -0.25) is 0 Å². The first-order valence-electron chi connectivity index (χ1n) is 3.88. The average Bonchev–Trinajstić information content (AvgIpc) is 2.46. The number of hydrogen-bond donors (Lipinski definition) is 0. The van der Waals surface area contributed by atoms with Gasteiger partial charge in [0.05, 0.1) is 12.2 Å². The Bertz CT molecular complexity index is 297. The van der Waals surface area contributed by atoms with Crippen LogP contribution in [-0.2, 0) is 0 Å². The summed E-state index contributed by atoms with van der Waals surface area (Å²) in [5, 5.41) is 3.57. The van der Waals surface area contributed by atoms with Gasteiger partial charge in [-0.15, -0.1) is 0 Å². The Morgan fingerprint density at radius 2 is 2.50 bits per heavy atom. The van der Waals surface area contributed by atoms with Crippen LogP contribution in [0.15, 0.2) is 20.7 Å². The maximum absolute atomic E-state index is 4.80. The Morgan fingerprint density at radius 1 is 1.67 bits per heavy atom. The van der Waals surface area contributed by atoms with Gasteiger partial charge in [-0.05, 0) is 13.3 Å². The van der Waals surface area contributed by atoms with Crippen LogP contribution in [0.25, 0.3) is 0 Å². The number of nitrogens with zero attached hydrogens (tertiary/aromatic N) is 3. The fraction of sp³-hybridized carbons (Fsp3) is 0.500. The monoisotopic (exact) mass is 165 g/mol. The van der Waals surface area contributed by atoms with Crippen LogP contribution in [0.3, 0.4) is 0 Å². The topological polar surface area (TPSA) is 50.8 Å². The first-order chi connectivity index (χ1) is 5.84. The SMILES string of the molecule is CCCN=C=Nc1cnoc1C. The second kappa shape index (κ2) is 4.46. The third-order valence-corrected chi connectivity index (χ3v) is 1.30. The summed E-state index contributed by atoms with van der Waals surface area (Å²) in [6.45, 7) is 4.61. The van der Waals surface area contributed by atoms with Gasteiger partial charge in [-0.25, -0.2) is 4.99 Å². The lowest BCUT2D eigenvalue weighted by Gasteiger charge is -1.80. The van der Waals surface area contributed by atoms with Gasteiger partial charge in [0.2, 0.25) is 0 Å². The van der Waals surface area contributed by atoms with E-state index in [1.807, 2.05) is 0 Å². The van der Waals surface area contributed by atoms with Crippen molar-refractivity contribution in [2.45, 2.75) is 20.3 Å². The largest absolute Gasteiger partial charge is 0.359 e. The van der Waals surface area contributed by atoms with Gasteiger partial charge in [0, 0.05) is 6.54 Å². The van der Waals surface area contributed by atoms with Crippen molar-refractivity contribution in [1.29, 1.82) is 0 Å². The van der Waals surface area contributed by atoms with Crippen molar-refractivity contribution in [2.24, 2.45) is 9.98 Å². The predicted octanol–water partition coefficient (Wildman–Crippen LogP) is 2.20. The minimum absolute atomic E-state index is 0.689. The first-order valence-corrected chi connectivity index (χ1v) is 3.88. The second-order valence-electron chi connectivity index (χ2n) is 2.36.